The molecule has 0 saturated heterocycles. The van der Waals surface area contributed by atoms with Crippen molar-refractivity contribution in [2.75, 3.05) is 18.4 Å². The molecule has 6 heteroatoms. The first kappa shape index (κ1) is 18.9. The second-order valence-electron chi connectivity index (χ2n) is 7.19. The Labute approximate surface area is 159 Å². The molecule has 2 aromatic heterocycles. The standard InChI is InChI=1S/C21H27N5O/c1-14(2)8-10-23-21-25-15(3)12-19(26-21)20(27)22-11-9-16-13-24-18-7-5-4-6-17(16)18/h4-7,12-14,24H,8-11H2,1-3H3,(H,22,27)(H,23,25,26). The Morgan fingerprint density at radius 3 is 2.81 bits per heavy atom. The van der Waals surface area contributed by atoms with E-state index in [1.54, 1.807) is 6.07 Å². The van der Waals surface area contributed by atoms with Crippen LogP contribution in [0.3, 0.4) is 0 Å². The smallest absolute Gasteiger partial charge is 0.270 e. The monoisotopic (exact) mass is 365 g/mol. The van der Waals surface area contributed by atoms with Crippen molar-refractivity contribution >= 4 is 22.8 Å². The summed E-state index contributed by atoms with van der Waals surface area (Å²) in [6.07, 6.45) is 3.80. The number of aryl methyl sites for hydroxylation is 1. The quantitative estimate of drug-likeness (QED) is 0.568. The molecule has 0 fully saturated rings. The molecule has 6 nitrogen and oxygen atoms in total. The van der Waals surface area contributed by atoms with Crippen molar-refractivity contribution in [3.8, 4) is 0 Å². The van der Waals surface area contributed by atoms with Gasteiger partial charge >= 0.3 is 0 Å². The van der Waals surface area contributed by atoms with Crippen molar-refractivity contribution in [2.45, 2.75) is 33.6 Å². The predicted octanol–water partition coefficient (Wildman–Crippen LogP) is 3.70. The van der Waals surface area contributed by atoms with Crippen molar-refractivity contribution in [1.29, 1.82) is 0 Å². The van der Waals surface area contributed by atoms with Crippen LogP contribution in [0.4, 0.5) is 5.95 Å². The third-order valence-electron chi connectivity index (χ3n) is 4.45. The van der Waals surface area contributed by atoms with Gasteiger partial charge in [0.15, 0.2) is 0 Å². The van der Waals surface area contributed by atoms with Crippen LogP contribution in [0, 0.1) is 12.8 Å². The highest BCUT2D eigenvalue weighted by Crippen LogP contribution is 2.17. The van der Waals surface area contributed by atoms with Crippen LogP contribution in [0.1, 0.15) is 42.0 Å². The molecule has 1 aromatic carbocycles. The van der Waals surface area contributed by atoms with Crippen molar-refractivity contribution < 1.29 is 4.79 Å². The summed E-state index contributed by atoms with van der Waals surface area (Å²) in [7, 11) is 0. The maximum absolute atomic E-state index is 12.5. The Kier molecular flexibility index (Phi) is 6.06. The van der Waals surface area contributed by atoms with E-state index in [-0.39, 0.29) is 5.91 Å². The molecule has 2 heterocycles. The number of benzene rings is 1. The van der Waals surface area contributed by atoms with Gasteiger partial charge in [-0.1, -0.05) is 32.0 Å². The van der Waals surface area contributed by atoms with Gasteiger partial charge < -0.3 is 15.6 Å². The summed E-state index contributed by atoms with van der Waals surface area (Å²) in [5.41, 5.74) is 3.48. The molecule has 0 unspecified atom stereocenters. The second kappa shape index (κ2) is 8.66. The van der Waals surface area contributed by atoms with Gasteiger partial charge in [-0.05, 0) is 43.4 Å². The number of aromatic nitrogens is 3. The number of nitrogens with zero attached hydrogens (tertiary/aromatic N) is 2. The van der Waals surface area contributed by atoms with Crippen molar-refractivity contribution in [2.24, 2.45) is 5.92 Å². The summed E-state index contributed by atoms with van der Waals surface area (Å²) in [5, 5.41) is 7.36. The van der Waals surface area contributed by atoms with Gasteiger partial charge in [0.1, 0.15) is 5.69 Å². The summed E-state index contributed by atoms with van der Waals surface area (Å²) in [4.78, 5) is 24.5. The fourth-order valence-corrected chi connectivity index (χ4v) is 2.98. The Morgan fingerprint density at radius 1 is 1.19 bits per heavy atom. The van der Waals surface area contributed by atoms with E-state index >= 15 is 0 Å². The van der Waals surface area contributed by atoms with Crippen LogP contribution in [0.5, 0.6) is 0 Å². The molecule has 0 aliphatic heterocycles. The molecule has 1 amide bonds. The molecule has 142 valence electrons. The van der Waals surface area contributed by atoms with Crippen molar-refractivity contribution in [1.82, 2.24) is 20.3 Å². The maximum atomic E-state index is 12.5. The van der Waals surface area contributed by atoms with Crippen molar-refractivity contribution in [3.05, 3.63) is 53.5 Å². The topological polar surface area (TPSA) is 82.7 Å². The zero-order chi connectivity index (χ0) is 19.2. The fraction of sp³-hybridized carbons (Fsp3) is 0.381. The summed E-state index contributed by atoms with van der Waals surface area (Å²) in [5.74, 6) is 0.944. The third-order valence-corrected chi connectivity index (χ3v) is 4.45. The number of H-pyrrole nitrogens is 1. The van der Waals surface area contributed by atoms with Crippen LogP contribution in [-0.4, -0.2) is 33.9 Å². The van der Waals surface area contributed by atoms with Gasteiger partial charge in [-0.2, -0.15) is 0 Å². The molecule has 3 N–H and O–H groups in total. The summed E-state index contributed by atoms with van der Waals surface area (Å²) >= 11 is 0. The number of rotatable bonds is 8. The number of amides is 1. The zero-order valence-corrected chi connectivity index (χ0v) is 16.2. The van der Waals surface area contributed by atoms with Crippen LogP contribution in [-0.2, 0) is 6.42 Å². The number of anilines is 1. The minimum Gasteiger partial charge on any atom is -0.361 e. The maximum Gasteiger partial charge on any atom is 0.270 e. The minimum absolute atomic E-state index is 0.174. The van der Waals surface area contributed by atoms with E-state index in [1.807, 2.05) is 25.3 Å². The summed E-state index contributed by atoms with van der Waals surface area (Å²) < 4.78 is 0. The summed E-state index contributed by atoms with van der Waals surface area (Å²) in [6.45, 7) is 7.57. The summed E-state index contributed by atoms with van der Waals surface area (Å²) in [6, 6.07) is 9.89. The van der Waals surface area contributed by atoms with Gasteiger partial charge in [0.2, 0.25) is 5.95 Å². The van der Waals surface area contributed by atoms with Crippen LogP contribution in [0.2, 0.25) is 0 Å². The number of hydrogen-bond acceptors (Lipinski definition) is 4. The number of carbonyl (C=O) groups is 1. The van der Waals surface area contributed by atoms with Crippen LogP contribution < -0.4 is 10.6 Å². The highest BCUT2D eigenvalue weighted by molar-refractivity contribution is 5.92. The molecular weight excluding hydrogens is 338 g/mol. The highest BCUT2D eigenvalue weighted by atomic mass is 16.1. The number of para-hydroxylation sites is 1. The lowest BCUT2D eigenvalue weighted by molar-refractivity contribution is 0.0949. The van der Waals surface area contributed by atoms with Gasteiger partial charge in [-0.3, -0.25) is 4.79 Å². The zero-order valence-electron chi connectivity index (χ0n) is 16.2. The normalized spacial score (nSPS) is 11.1. The van der Waals surface area contributed by atoms with E-state index in [9.17, 15) is 4.79 Å². The lowest BCUT2D eigenvalue weighted by Gasteiger charge is -2.10. The van der Waals surface area contributed by atoms with Crippen molar-refractivity contribution in [3.63, 3.8) is 0 Å². The first-order valence-electron chi connectivity index (χ1n) is 9.45. The molecule has 0 aliphatic rings. The molecule has 3 rings (SSSR count). The van der Waals surface area contributed by atoms with Gasteiger partial charge in [-0.15, -0.1) is 0 Å². The molecule has 0 atom stereocenters. The number of fused-ring (bicyclic) bond motifs is 1. The molecule has 0 spiro atoms. The van der Waals surface area contributed by atoms with E-state index in [1.165, 1.54) is 10.9 Å². The molecule has 0 bridgehead atoms. The number of carbonyl (C=O) groups excluding carboxylic acids is 1. The minimum atomic E-state index is -0.174. The first-order chi connectivity index (χ1) is 13.0. The average molecular weight is 365 g/mol. The Bertz CT molecular complexity index is 916. The van der Waals surface area contributed by atoms with E-state index < -0.39 is 0 Å². The van der Waals surface area contributed by atoms with Gasteiger partial charge in [0.25, 0.3) is 5.91 Å². The van der Waals surface area contributed by atoms with Gasteiger partial charge in [-0.25, -0.2) is 9.97 Å². The molecule has 3 aromatic rings. The largest absolute Gasteiger partial charge is 0.361 e. The Morgan fingerprint density at radius 2 is 2.00 bits per heavy atom. The number of nitrogens with one attached hydrogen (secondary N) is 3. The van der Waals surface area contributed by atoms with Crippen LogP contribution in [0.25, 0.3) is 10.9 Å². The van der Waals surface area contributed by atoms with Gasteiger partial charge in [0, 0.05) is 35.9 Å². The van der Waals surface area contributed by atoms with E-state index in [4.69, 9.17) is 0 Å². The third kappa shape index (κ3) is 5.06. The number of hydrogen-bond donors (Lipinski definition) is 3. The SMILES string of the molecule is Cc1cc(C(=O)NCCc2c[nH]c3ccccc23)nc(NCCC(C)C)n1. The molecule has 0 aliphatic carbocycles. The highest BCUT2D eigenvalue weighted by Gasteiger charge is 2.11. The Hall–Kier alpha value is -2.89. The Balaban J connectivity index is 1.58. The van der Waals surface area contributed by atoms with E-state index in [2.05, 4.69) is 51.6 Å². The molecule has 0 saturated carbocycles. The molecule has 27 heavy (non-hydrogen) atoms. The lowest BCUT2D eigenvalue weighted by atomic mass is 10.1. The number of aromatic amines is 1. The first-order valence-corrected chi connectivity index (χ1v) is 9.45. The average Bonchev–Trinajstić information content (AvgIpc) is 3.04. The lowest BCUT2D eigenvalue weighted by Crippen LogP contribution is -2.27. The van der Waals surface area contributed by atoms with Gasteiger partial charge in [0.05, 0.1) is 0 Å². The van der Waals surface area contributed by atoms with Crippen LogP contribution >= 0.6 is 0 Å². The predicted molar refractivity (Wildman–Crippen MR) is 109 cm³/mol. The fourth-order valence-electron chi connectivity index (χ4n) is 2.98. The van der Waals surface area contributed by atoms with Crippen LogP contribution in [0.15, 0.2) is 36.5 Å². The molecular formula is C21H27N5O. The van der Waals surface area contributed by atoms with E-state index in [0.29, 0.717) is 24.1 Å². The van der Waals surface area contributed by atoms with E-state index in [0.717, 1.165) is 30.6 Å². The molecule has 0 radical (unpaired) electrons. The second-order valence-corrected chi connectivity index (χ2v) is 7.19.